The molecule has 0 spiro atoms. The molecule has 1 amide bonds. The molecule has 5 nitrogen and oxygen atoms in total. The van der Waals surface area contributed by atoms with Crippen molar-refractivity contribution in [3.05, 3.63) is 24.0 Å². The summed E-state index contributed by atoms with van der Waals surface area (Å²) in [6.07, 6.45) is 5.45. The fourth-order valence-electron chi connectivity index (χ4n) is 2.50. The number of hydrogen-bond donors (Lipinski definition) is 2. The number of anilines is 1. The zero-order chi connectivity index (χ0) is 14.5. The number of hydrogen-bond acceptors (Lipinski definition) is 4. The van der Waals surface area contributed by atoms with Gasteiger partial charge in [-0.2, -0.15) is 0 Å². The first-order valence-corrected chi connectivity index (χ1v) is 7.16. The summed E-state index contributed by atoms with van der Waals surface area (Å²) in [5.74, 6) is 0.508. The second-order valence-corrected chi connectivity index (χ2v) is 5.68. The number of amides is 1. The Kier molecular flexibility index (Phi) is 4.95. The first kappa shape index (κ1) is 14.8. The van der Waals surface area contributed by atoms with Crippen LogP contribution in [0.3, 0.4) is 0 Å². The van der Waals surface area contributed by atoms with Crippen LogP contribution in [0.15, 0.2) is 18.3 Å². The molecule has 0 aromatic carbocycles. The minimum absolute atomic E-state index is 0.0885. The van der Waals surface area contributed by atoms with Crippen LogP contribution in [0.1, 0.15) is 36.2 Å². The second-order valence-electron chi connectivity index (χ2n) is 5.68. The Balaban J connectivity index is 1.90. The van der Waals surface area contributed by atoms with E-state index in [-0.39, 0.29) is 12.0 Å². The van der Waals surface area contributed by atoms with E-state index in [0.29, 0.717) is 11.6 Å². The molecule has 1 saturated carbocycles. The van der Waals surface area contributed by atoms with Crippen molar-refractivity contribution in [2.75, 3.05) is 26.0 Å². The Morgan fingerprint density at radius 1 is 1.40 bits per heavy atom. The second kappa shape index (κ2) is 6.70. The normalized spacial score (nSPS) is 22.4. The SMILES string of the molecule is CN(C)C(=O)c1cc(NCC2CCC(O)CC2)ccn1. The summed E-state index contributed by atoms with van der Waals surface area (Å²) in [4.78, 5) is 17.5. The summed E-state index contributed by atoms with van der Waals surface area (Å²) in [7, 11) is 3.44. The van der Waals surface area contributed by atoms with Gasteiger partial charge in [-0.25, -0.2) is 0 Å². The van der Waals surface area contributed by atoms with E-state index < -0.39 is 0 Å². The van der Waals surface area contributed by atoms with Crippen LogP contribution in [0.5, 0.6) is 0 Å². The number of pyridine rings is 1. The molecule has 1 aliphatic carbocycles. The first-order valence-electron chi connectivity index (χ1n) is 7.16. The zero-order valence-electron chi connectivity index (χ0n) is 12.2. The van der Waals surface area contributed by atoms with Crippen molar-refractivity contribution in [2.24, 2.45) is 5.92 Å². The van der Waals surface area contributed by atoms with Crippen LogP contribution in [0.2, 0.25) is 0 Å². The van der Waals surface area contributed by atoms with Crippen LogP contribution in [0.25, 0.3) is 0 Å². The van der Waals surface area contributed by atoms with Gasteiger partial charge in [0.25, 0.3) is 5.91 Å². The first-order chi connectivity index (χ1) is 9.56. The molecule has 1 aromatic heterocycles. The minimum atomic E-state index is -0.114. The highest BCUT2D eigenvalue weighted by atomic mass is 16.3. The lowest BCUT2D eigenvalue weighted by Gasteiger charge is -2.25. The largest absolute Gasteiger partial charge is 0.393 e. The lowest BCUT2D eigenvalue weighted by atomic mass is 9.87. The van der Waals surface area contributed by atoms with Gasteiger partial charge in [-0.15, -0.1) is 0 Å². The Bertz CT molecular complexity index is 454. The number of nitrogens with zero attached hydrogens (tertiary/aromatic N) is 2. The molecular formula is C15H23N3O2. The van der Waals surface area contributed by atoms with E-state index in [4.69, 9.17) is 0 Å². The molecule has 5 heteroatoms. The molecule has 0 radical (unpaired) electrons. The highest BCUT2D eigenvalue weighted by molar-refractivity contribution is 5.92. The highest BCUT2D eigenvalue weighted by Crippen LogP contribution is 2.24. The van der Waals surface area contributed by atoms with Crippen LogP contribution < -0.4 is 5.32 Å². The van der Waals surface area contributed by atoms with Crippen molar-refractivity contribution in [2.45, 2.75) is 31.8 Å². The number of aromatic nitrogens is 1. The predicted molar refractivity (Wildman–Crippen MR) is 78.7 cm³/mol. The summed E-state index contributed by atoms with van der Waals surface area (Å²) in [6, 6.07) is 3.67. The molecule has 0 saturated heterocycles. The van der Waals surface area contributed by atoms with Gasteiger partial charge in [0.15, 0.2) is 0 Å². The molecule has 1 aromatic rings. The highest BCUT2D eigenvalue weighted by Gasteiger charge is 2.19. The van der Waals surface area contributed by atoms with Crippen molar-refractivity contribution < 1.29 is 9.90 Å². The van der Waals surface area contributed by atoms with E-state index in [0.717, 1.165) is 37.9 Å². The molecule has 20 heavy (non-hydrogen) atoms. The van der Waals surface area contributed by atoms with Crippen LogP contribution in [0.4, 0.5) is 5.69 Å². The molecule has 1 fully saturated rings. The minimum Gasteiger partial charge on any atom is -0.393 e. The third-order valence-electron chi connectivity index (χ3n) is 3.80. The smallest absolute Gasteiger partial charge is 0.272 e. The topological polar surface area (TPSA) is 65.5 Å². The molecule has 0 bridgehead atoms. The van der Waals surface area contributed by atoms with Crippen LogP contribution >= 0.6 is 0 Å². The quantitative estimate of drug-likeness (QED) is 0.880. The fraction of sp³-hybridized carbons (Fsp3) is 0.600. The molecule has 0 atom stereocenters. The van der Waals surface area contributed by atoms with Gasteiger partial charge in [-0.05, 0) is 43.7 Å². The van der Waals surface area contributed by atoms with Gasteiger partial charge in [0.2, 0.25) is 0 Å². The van der Waals surface area contributed by atoms with E-state index in [1.165, 1.54) is 4.90 Å². The van der Waals surface area contributed by atoms with Gasteiger partial charge in [0, 0.05) is 32.5 Å². The molecule has 1 heterocycles. The van der Waals surface area contributed by atoms with Crippen LogP contribution in [0, 0.1) is 5.92 Å². The Hall–Kier alpha value is -1.62. The van der Waals surface area contributed by atoms with Crippen LogP contribution in [-0.4, -0.2) is 47.6 Å². The maximum absolute atomic E-state index is 11.8. The van der Waals surface area contributed by atoms with E-state index in [1.807, 2.05) is 6.07 Å². The van der Waals surface area contributed by atoms with Gasteiger partial charge in [0.1, 0.15) is 5.69 Å². The van der Waals surface area contributed by atoms with Crippen molar-refractivity contribution in [3.8, 4) is 0 Å². The Morgan fingerprint density at radius 3 is 2.75 bits per heavy atom. The van der Waals surface area contributed by atoms with Gasteiger partial charge >= 0.3 is 0 Å². The van der Waals surface area contributed by atoms with E-state index in [1.54, 1.807) is 26.4 Å². The van der Waals surface area contributed by atoms with Gasteiger partial charge in [-0.3, -0.25) is 9.78 Å². The standard InChI is InChI=1S/C15H23N3O2/c1-18(2)15(20)14-9-12(7-8-16-14)17-10-11-3-5-13(19)6-4-11/h7-9,11,13,19H,3-6,10H2,1-2H3,(H,16,17). The van der Waals surface area contributed by atoms with Gasteiger partial charge in [0.05, 0.1) is 6.10 Å². The molecule has 0 aliphatic heterocycles. The lowest BCUT2D eigenvalue weighted by Crippen LogP contribution is -2.24. The fourth-order valence-corrected chi connectivity index (χ4v) is 2.50. The summed E-state index contributed by atoms with van der Waals surface area (Å²) in [6.45, 7) is 0.881. The van der Waals surface area contributed by atoms with Gasteiger partial charge < -0.3 is 15.3 Å². The van der Waals surface area contributed by atoms with Crippen molar-refractivity contribution in [1.29, 1.82) is 0 Å². The third kappa shape index (κ3) is 3.93. The number of carbonyl (C=O) groups is 1. The lowest BCUT2D eigenvalue weighted by molar-refractivity contribution is 0.0822. The molecule has 2 rings (SSSR count). The maximum atomic E-state index is 11.8. The van der Waals surface area contributed by atoms with Crippen molar-refractivity contribution in [1.82, 2.24) is 9.88 Å². The monoisotopic (exact) mass is 277 g/mol. The van der Waals surface area contributed by atoms with Gasteiger partial charge in [-0.1, -0.05) is 0 Å². The Morgan fingerprint density at radius 2 is 2.10 bits per heavy atom. The summed E-state index contributed by atoms with van der Waals surface area (Å²) in [5, 5.41) is 12.9. The summed E-state index contributed by atoms with van der Waals surface area (Å²) < 4.78 is 0. The zero-order valence-corrected chi connectivity index (χ0v) is 12.2. The number of nitrogens with one attached hydrogen (secondary N) is 1. The molecular weight excluding hydrogens is 254 g/mol. The van der Waals surface area contributed by atoms with Crippen LogP contribution in [-0.2, 0) is 0 Å². The predicted octanol–water partition coefficient (Wildman–Crippen LogP) is 1.75. The summed E-state index contributed by atoms with van der Waals surface area (Å²) >= 11 is 0. The number of aliphatic hydroxyl groups is 1. The van der Waals surface area contributed by atoms with Crippen molar-refractivity contribution in [3.63, 3.8) is 0 Å². The average Bonchev–Trinajstić information content (AvgIpc) is 2.46. The molecule has 2 N–H and O–H groups in total. The average molecular weight is 277 g/mol. The van der Waals surface area contributed by atoms with Crippen molar-refractivity contribution >= 4 is 11.6 Å². The Labute approximate surface area is 120 Å². The van der Waals surface area contributed by atoms with E-state index >= 15 is 0 Å². The van der Waals surface area contributed by atoms with E-state index in [9.17, 15) is 9.90 Å². The third-order valence-corrected chi connectivity index (χ3v) is 3.80. The summed E-state index contributed by atoms with van der Waals surface area (Å²) in [5.41, 5.74) is 1.38. The number of aliphatic hydroxyl groups excluding tert-OH is 1. The van der Waals surface area contributed by atoms with E-state index in [2.05, 4.69) is 10.3 Å². The number of carbonyl (C=O) groups excluding carboxylic acids is 1. The number of rotatable bonds is 4. The molecule has 0 unspecified atom stereocenters. The molecule has 110 valence electrons. The maximum Gasteiger partial charge on any atom is 0.272 e. The molecule has 1 aliphatic rings.